The van der Waals surface area contributed by atoms with Gasteiger partial charge in [0.1, 0.15) is 0 Å². The molecule has 4 heteroatoms. The Kier molecular flexibility index (Phi) is 4.62. The van der Waals surface area contributed by atoms with Crippen LogP contribution in [0.1, 0.15) is 39.5 Å². The fourth-order valence-electron chi connectivity index (χ4n) is 3.32. The lowest BCUT2D eigenvalue weighted by Gasteiger charge is -2.34. The number of amides is 1. The fourth-order valence-corrected chi connectivity index (χ4v) is 3.32. The number of rotatable bonds is 4. The third-order valence-corrected chi connectivity index (χ3v) is 4.54. The van der Waals surface area contributed by atoms with Gasteiger partial charge < -0.3 is 10.2 Å². The van der Waals surface area contributed by atoms with Gasteiger partial charge in [-0.2, -0.15) is 0 Å². The van der Waals surface area contributed by atoms with E-state index in [-0.39, 0.29) is 11.9 Å². The lowest BCUT2D eigenvalue weighted by molar-refractivity contribution is -0.131. The van der Waals surface area contributed by atoms with Crippen LogP contribution in [0.3, 0.4) is 0 Å². The van der Waals surface area contributed by atoms with E-state index in [0.29, 0.717) is 12.1 Å². The topological polar surface area (TPSA) is 35.6 Å². The quantitative estimate of drug-likeness (QED) is 0.814. The van der Waals surface area contributed by atoms with Crippen molar-refractivity contribution in [2.24, 2.45) is 0 Å². The monoisotopic (exact) mass is 253 g/mol. The number of nitrogens with zero attached hydrogens (tertiary/aromatic N) is 2. The SMILES string of the molecule is CCN(C)C(=O)C(C)NC1CCN2CCCCC12. The number of hydrogen-bond acceptors (Lipinski definition) is 3. The van der Waals surface area contributed by atoms with Gasteiger partial charge in [-0.3, -0.25) is 9.69 Å². The summed E-state index contributed by atoms with van der Waals surface area (Å²) < 4.78 is 0. The molecule has 0 saturated carbocycles. The number of fused-ring (bicyclic) bond motifs is 1. The van der Waals surface area contributed by atoms with E-state index in [1.54, 1.807) is 4.90 Å². The molecule has 104 valence electrons. The molecule has 3 atom stereocenters. The van der Waals surface area contributed by atoms with Crippen LogP contribution in [-0.2, 0) is 4.79 Å². The summed E-state index contributed by atoms with van der Waals surface area (Å²) in [6, 6.07) is 1.12. The zero-order chi connectivity index (χ0) is 13.1. The van der Waals surface area contributed by atoms with Crippen LogP contribution >= 0.6 is 0 Å². The number of carbonyl (C=O) groups excluding carboxylic acids is 1. The van der Waals surface area contributed by atoms with E-state index in [9.17, 15) is 4.79 Å². The van der Waals surface area contributed by atoms with Gasteiger partial charge >= 0.3 is 0 Å². The van der Waals surface area contributed by atoms with E-state index in [4.69, 9.17) is 0 Å². The maximum absolute atomic E-state index is 12.1. The van der Waals surface area contributed by atoms with Crippen molar-refractivity contribution in [1.82, 2.24) is 15.1 Å². The summed E-state index contributed by atoms with van der Waals surface area (Å²) in [4.78, 5) is 16.5. The molecule has 3 unspecified atom stereocenters. The van der Waals surface area contributed by atoms with Crippen LogP contribution in [0, 0.1) is 0 Å². The van der Waals surface area contributed by atoms with Gasteiger partial charge in [0, 0.05) is 32.2 Å². The largest absolute Gasteiger partial charge is 0.345 e. The average molecular weight is 253 g/mol. The van der Waals surface area contributed by atoms with E-state index in [2.05, 4.69) is 10.2 Å². The fraction of sp³-hybridized carbons (Fsp3) is 0.929. The normalized spacial score (nSPS) is 29.9. The third-order valence-electron chi connectivity index (χ3n) is 4.54. The van der Waals surface area contributed by atoms with Crippen molar-refractivity contribution in [3.8, 4) is 0 Å². The highest BCUT2D eigenvalue weighted by molar-refractivity contribution is 5.81. The van der Waals surface area contributed by atoms with Gasteiger partial charge in [-0.1, -0.05) is 6.42 Å². The molecule has 4 nitrogen and oxygen atoms in total. The summed E-state index contributed by atoms with van der Waals surface area (Å²) in [5.74, 6) is 0.215. The summed E-state index contributed by atoms with van der Waals surface area (Å²) in [7, 11) is 1.88. The van der Waals surface area contributed by atoms with E-state index in [1.165, 1.54) is 38.8 Å². The van der Waals surface area contributed by atoms with Gasteiger partial charge in [0.15, 0.2) is 0 Å². The molecule has 2 rings (SSSR count). The summed E-state index contributed by atoms with van der Waals surface area (Å²) in [6.07, 6.45) is 5.17. The highest BCUT2D eigenvalue weighted by Crippen LogP contribution is 2.27. The van der Waals surface area contributed by atoms with Crippen molar-refractivity contribution >= 4 is 5.91 Å². The predicted molar refractivity (Wildman–Crippen MR) is 73.5 cm³/mol. The molecule has 2 aliphatic rings. The Bertz CT molecular complexity index is 295. The van der Waals surface area contributed by atoms with Crippen LogP contribution in [0.2, 0.25) is 0 Å². The first-order chi connectivity index (χ1) is 8.63. The van der Waals surface area contributed by atoms with Gasteiger partial charge in [0.25, 0.3) is 0 Å². The van der Waals surface area contributed by atoms with E-state index < -0.39 is 0 Å². The molecule has 1 amide bonds. The predicted octanol–water partition coefficient (Wildman–Crippen LogP) is 1.07. The molecule has 2 heterocycles. The van der Waals surface area contributed by atoms with Crippen molar-refractivity contribution in [3.63, 3.8) is 0 Å². The van der Waals surface area contributed by atoms with Crippen LogP contribution in [-0.4, -0.2) is 60.5 Å². The Morgan fingerprint density at radius 2 is 2.17 bits per heavy atom. The first-order valence-electron chi connectivity index (χ1n) is 7.38. The van der Waals surface area contributed by atoms with Gasteiger partial charge in [-0.05, 0) is 39.7 Å². The molecular weight excluding hydrogens is 226 g/mol. The number of nitrogens with one attached hydrogen (secondary N) is 1. The molecule has 1 N–H and O–H groups in total. The highest BCUT2D eigenvalue weighted by Gasteiger charge is 2.36. The molecule has 2 fully saturated rings. The first-order valence-corrected chi connectivity index (χ1v) is 7.38. The molecule has 0 aromatic carbocycles. The molecule has 0 radical (unpaired) electrons. The average Bonchev–Trinajstić information content (AvgIpc) is 2.80. The van der Waals surface area contributed by atoms with Crippen LogP contribution < -0.4 is 5.32 Å². The zero-order valence-corrected chi connectivity index (χ0v) is 12.0. The number of carbonyl (C=O) groups is 1. The standard InChI is InChI=1S/C14H27N3O/c1-4-16(3)14(18)11(2)15-12-8-10-17-9-6-5-7-13(12)17/h11-13,15H,4-10H2,1-3H3. The number of likely N-dealkylation sites (N-methyl/N-ethyl adjacent to an activating group) is 1. The van der Waals surface area contributed by atoms with Crippen molar-refractivity contribution in [1.29, 1.82) is 0 Å². The molecule has 0 bridgehead atoms. The lowest BCUT2D eigenvalue weighted by Crippen LogP contribution is -2.52. The van der Waals surface area contributed by atoms with E-state index in [0.717, 1.165) is 6.54 Å². The Morgan fingerprint density at radius 1 is 1.39 bits per heavy atom. The molecule has 0 aromatic heterocycles. The zero-order valence-electron chi connectivity index (χ0n) is 12.0. The molecular formula is C14H27N3O. The Morgan fingerprint density at radius 3 is 2.89 bits per heavy atom. The molecule has 0 aromatic rings. The van der Waals surface area contributed by atoms with Gasteiger partial charge in [0.05, 0.1) is 6.04 Å². The van der Waals surface area contributed by atoms with Crippen LogP contribution in [0.15, 0.2) is 0 Å². The third kappa shape index (κ3) is 2.86. The molecule has 2 saturated heterocycles. The van der Waals surface area contributed by atoms with Crippen LogP contribution in [0.5, 0.6) is 0 Å². The van der Waals surface area contributed by atoms with Crippen molar-refractivity contribution < 1.29 is 4.79 Å². The van der Waals surface area contributed by atoms with Crippen molar-refractivity contribution in [3.05, 3.63) is 0 Å². The molecule has 18 heavy (non-hydrogen) atoms. The number of piperidine rings is 1. The summed E-state index contributed by atoms with van der Waals surface area (Å²) in [5.41, 5.74) is 0. The maximum Gasteiger partial charge on any atom is 0.239 e. The smallest absolute Gasteiger partial charge is 0.239 e. The Hall–Kier alpha value is -0.610. The second-order valence-corrected chi connectivity index (χ2v) is 5.74. The Labute approximate surface area is 111 Å². The van der Waals surface area contributed by atoms with Crippen LogP contribution in [0.25, 0.3) is 0 Å². The van der Waals surface area contributed by atoms with Crippen molar-refractivity contribution in [2.75, 3.05) is 26.7 Å². The second kappa shape index (κ2) is 6.02. The number of hydrogen-bond donors (Lipinski definition) is 1. The first kappa shape index (κ1) is 13.8. The maximum atomic E-state index is 12.1. The summed E-state index contributed by atoms with van der Waals surface area (Å²) >= 11 is 0. The summed E-state index contributed by atoms with van der Waals surface area (Å²) in [5, 5.41) is 3.56. The second-order valence-electron chi connectivity index (χ2n) is 5.74. The van der Waals surface area contributed by atoms with Gasteiger partial charge in [-0.25, -0.2) is 0 Å². The van der Waals surface area contributed by atoms with Crippen LogP contribution in [0.4, 0.5) is 0 Å². The van der Waals surface area contributed by atoms with E-state index in [1.807, 2.05) is 20.9 Å². The minimum absolute atomic E-state index is 0.0539. The molecule has 0 spiro atoms. The Balaban J connectivity index is 1.87. The highest BCUT2D eigenvalue weighted by atomic mass is 16.2. The van der Waals surface area contributed by atoms with E-state index >= 15 is 0 Å². The molecule has 2 aliphatic heterocycles. The summed E-state index contributed by atoms with van der Waals surface area (Å²) in [6.45, 7) is 7.25. The van der Waals surface area contributed by atoms with Crippen molar-refractivity contribution in [2.45, 2.75) is 57.7 Å². The minimum atomic E-state index is -0.0539. The minimum Gasteiger partial charge on any atom is -0.345 e. The molecule has 0 aliphatic carbocycles. The lowest BCUT2D eigenvalue weighted by atomic mass is 9.98. The van der Waals surface area contributed by atoms with Gasteiger partial charge in [-0.15, -0.1) is 0 Å². The van der Waals surface area contributed by atoms with Gasteiger partial charge in [0.2, 0.25) is 5.91 Å².